The lowest BCUT2D eigenvalue weighted by Gasteiger charge is -2.16. The minimum absolute atomic E-state index is 0.0939. The molecule has 2 aromatic rings. The van der Waals surface area contributed by atoms with Crippen molar-refractivity contribution >= 4 is 29.3 Å². The number of para-hydroxylation sites is 1. The van der Waals surface area contributed by atoms with Crippen molar-refractivity contribution in [3.63, 3.8) is 0 Å². The molecular weight excluding hydrogens is 350 g/mol. The molecule has 1 aromatic heterocycles. The van der Waals surface area contributed by atoms with Crippen LogP contribution in [0.4, 0.5) is 14.5 Å². The van der Waals surface area contributed by atoms with Gasteiger partial charge in [0.05, 0.1) is 24.4 Å². The summed E-state index contributed by atoms with van der Waals surface area (Å²) in [5, 5.41) is 2.66. The molecule has 0 saturated carbocycles. The average Bonchev–Trinajstić information content (AvgIpc) is 3.20. The number of nitrogens with one attached hydrogen (secondary N) is 1. The maximum absolute atomic E-state index is 12.6. The zero-order valence-corrected chi connectivity index (χ0v) is 14.0. The number of halogens is 2. The maximum atomic E-state index is 12.6. The predicted molar refractivity (Wildman–Crippen MR) is 89.2 cm³/mol. The number of likely N-dealkylation sites (tertiary alicyclic amines) is 1. The number of carbonyl (C=O) groups excluding carboxylic acids is 2. The Kier molecular flexibility index (Phi) is 5.37. The number of furan rings is 1. The molecule has 3 rings (SSSR count). The van der Waals surface area contributed by atoms with Gasteiger partial charge >= 0.3 is 0 Å². The van der Waals surface area contributed by atoms with Gasteiger partial charge in [0.15, 0.2) is 0 Å². The topological polar surface area (TPSA) is 62.6 Å². The number of alkyl halides is 2. The highest BCUT2D eigenvalue weighted by atomic mass is 32.2. The van der Waals surface area contributed by atoms with Crippen molar-refractivity contribution in [3.8, 4) is 0 Å². The third-order valence-corrected chi connectivity index (χ3v) is 4.66. The van der Waals surface area contributed by atoms with Crippen LogP contribution in [-0.4, -0.2) is 29.0 Å². The highest BCUT2D eigenvalue weighted by Gasteiger charge is 2.34. The highest BCUT2D eigenvalue weighted by molar-refractivity contribution is 7.99. The van der Waals surface area contributed by atoms with Crippen LogP contribution >= 0.6 is 11.8 Å². The first-order valence-electron chi connectivity index (χ1n) is 7.68. The molecule has 1 atom stereocenters. The number of nitrogens with zero attached hydrogens (tertiary/aromatic N) is 1. The molecule has 2 amide bonds. The summed E-state index contributed by atoms with van der Waals surface area (Å²) in [5.41, 5.74) is 0.328. The molecule has 1 unspecified atom stereocenters. The Hall–Kier alpha value is -2.35. The standard InChI is InChI=1S/C17H16F2N2O3S/c18-17(19)25-14-6-2-1-5-13(14)20-16(23)11-8-15(22)21(9-11)10-12-4-3-7-24-12/h1-7,11,17H,8-10H2,(H,20,23). The molecule has 0 bridgehead atoms. The summed E-state index contributed by atoms with van der Waals surface area (Å²) in [6.07, 6.45) is 1.62. The Morgan fingerprint density at radius 2 is 2.12 bits per heavy atom. The first kappa shape index (κ1) is 17.5. The second-order valence-electron chi connectivity index (χ2n) is 5.62. The van der Waals surface area contributed by atoms with Crippen LogP contribution in [0, 0.1) is 5.92 Å². The van der Waals surface area contributed by atoms with Crippen molar-refractivity contribution in [2.75, 3.05) is 11.9 Å². The van der Waals surface area contributed by atoms with E-state index in [-0.39, 0.29) is 24.8 Å². The molecule has 8 heteroatoms. The summed E-state index contributed by atoms with van der Waals surface area (Å²) in [5.74, 6) is -2.93. The summed E-state index contributed by atoms with van der Waals surface area (Å²) in [6, 6.07) is 9.88. The fraction of sp³-hybridized carbons (Fsp3) is 0.294. The van der Waals surface area contributed by atoms with Crippen molar-refractivity contribution in [3.05, 3.63) is 48.4 Å². The van der Waals surface area contributed by atoms with E-state index in [1.807, 2.05) is 0 Å². The number of benzene rings is 1. The van der Waals surface area contributed by atoms with Gasteiger partial charge in [-0.25, -0.2) is 0 Å². The summed E-state index contributed by atoms with van der Waals surface area (Å²) >= 11 is 0.376. The van der Waals surface area contributed by atoms with Gasteiger partial charge < -0.3 is 14.6 Å². The average molecular weight is 366 g/mol. The van der Waals surface area contributed by atoms with E-state index in [2.05, 4.69) is 5.32 Å². The number of amides is 2. The van der Waals surface area contributed by atoms with Crippen molar-refractivity contribution in [2.45, 2.75) is 23.6 Å². The summed E-state index contributed by atoms with van der Waals surface area (Å²) < 4.78 is 30.4. The van der Waals surface area contributed by atoms with Crippen LogP contribution in [0.25, 0.3) is 0 Å². The van der Waals surface area contributed by atoms with Gasteiger partial charge in [0, 0.05) is 17.9 Å². The number of thioether (sulfide) groups is 1. The molecule has 1 aliphatic rings. The van der Waals surface area contributed by atoms with Gasteiger partial charge in [-0.3, -0.25) is 9.59 Å². The Morgan fingerprint density at radius 1 is 1.32 bits per heavy atom. The molecule has 132 valence electrons. The second-order valence-corrected chi connectivity index (χ2v) is 6.65. The Labute approximate surface area is 147 Å². The molecule has 2 heterocycles. The summed E-state index contributed by atoms with van der Waals surface area (Å²) in [6.45, 7) is 0.586. The molecule has 25 heavy (non-hydrogen) atoms. The first-order valence-corrected chi connectivity index (χ1v) is 8.56. The van der Waals surface area contributed by atoms with E-state index in [1.165, 1.54) is 12.3 Å². The number of carbonyl (C=O) groups is 2. The number of hydrogen-bond donors (Lipinski definition) is 1. The van der Waals surface area contributed by atoms with Crippen LogP contribution in [0.5, 0.6) is 0 Å². The minimum Gasteiger partial charge on any atom is -0.467 e. The SMILES string of the molecule is O=C(Nc1ccccc1SC(F)F)C1CC(=O)N(Cc2ccco2)C1. The van der Waals surface area contributed by atoms with Gasteiger partial charge in [-0.05, 0) is 24.3 Å². The molecule has 1 aromatic carbocycles. The van der Waals surface area contributed by atoms with E-state index in [0.29, 0.717) is 34.6 Å². The van der Waals surface area contributed by atoms with Gasteiger partial charge in [0.1, 0.15) is 5.76 Å². The highest BCUT2D eigenvalue weighted by Crippen LogP contribution is 2.32. The minimum atomic E-state index is -2.57. The maximum Gasteiger partial charge on any atom is 0.288 e. The van der Waals surface area contributed by atoms with Crippen LogP contribution in [0.15, 0.2) is 52.0 Å². The van der Waals surface area contributed by atoms with E-state index in [1.54, 1.807) is 35.2 Å². The Morgan fingerprint density at radius 3 is 2.84 bits per heavy atom. The Balaban J connectivity index is 1.63. The molecule has 0 spiro atoms. The lowest BCUT2D eigenvalue weighted by atomic mass is 10.1. The van der Waals surface area contributed by atoms with E-state index in [4.69, 9.17) is 4.42 Å². The lowest BCUT2D eigenvalue weighted by molar-refractivity contribution is -0.128. The molecule has 1 aliphatic heterocycles. The van der Waals surface area contributed by atoms with E-state index >= 15 is 0 Å². The van der Waals surface area contributed by atoms with Crippen LogP contribution in [0.2, 0.25) is 0 Å². The van der Waals surface area contributed by atoms with Gasteiger partial charge in [-0.2, -0.15) is 8.78 Å². The molecular formula is C17H16F2N2O3S. The zero-order valence-electron chi connectivity index (χ0n) is 13.2. The summed E-state index contributed by atoms with van der Waals surface area (Å²) in [4.78, 5) is 26.4. The van der Waals surface area contributed by atoms with Crippen molar-refractivity contribution in [1.82, 2.24) is 4.90 Å². The zero-order chi connectivity index (χ0) is 17.8. The van der Waals surface area contributed by atoms with Crippen LogP contribution in [0.3, 0.4) is 0 Å². The van der Waals surface area contributed by atoms with Gasteiger partial charge in [-0.1, -0.05) is 23.9 Å². The smallest absolute Gasteiger partial charge is 0.288 e. The molecule has 1 N–H and O–H groups in total. The van der Waals surface area contributed by atoms with Crippen LogP contribution < -0.4 is 5.32 Å². The number of rotatable bonds is 6. The van der Waals surface area contributed by atoms with Crippen molar-refractivity contribution in [1.29, 1.82) is 0 Å². The fourth-order valence-corrected chi connectivity index (χ4v) is 3.29. The van der Waals surface area contributed by atoms with E-state index in [0.717, 1.165) is 0 Å². The monoisotopic (exact) mass is 366 g/mol. The normalized spacial score (nSPS) is 17.3. The third-order valence-electron chi connectivity index (χ3n) is 3.87. The number of hydrogen-bond acceptors (Lipinski definition) is 4. The second kappa shape index (κ2) is 7.69. The predicted octanol–water partition coefficient (Wildman–Crippen LogP) is 3.58. The van der Waals surface area contributed by atoms with E-state index in [9.17, 15) is 18.4 Å². The molecule has 1 fully saturated rings. The van der Waals surface area contributed by atoms with Gasteiger partial charge in [-0.15, -0.1) is 0 Å². The fourth-order valence-electron chi connectivity index (χ4n) is 2.69. The van der Waals surface area contributed by atoms with Gasteiger partial charge in [0.25, 0.3) is 5.76 Å². The number of anilines is 1. The quantitative estimate of drug-likeness (QED) is 0.794. The molecule has 1 saturated heterocycles. The molecule has 0 radical (unpaired) electrons. The lowest BCUT2D eigenvalue weighted by Crippen LogP contribution is -2.28. The molecule has 5 nitrogen and oxygen atoms in total. The van der Waals surface area contributed by atoms with Crippen molar-refractivity contribution < 1.29 is 22.8 Å². The van der Waals surface area contributed by atoms with Gasteiger partial charge in [0.2, 0.25) is 11.8 Å². The first-order chi connectivity index (χ1) is 12.0. The third kappa shape index (κ3) is 4.39. The molecule has 0 aliphatic carbocycles. The van der Waals surface area contributed by atoms with E-state index < -0.39 is 11.7 Å². The summed E-state index contributed by atoms with van der Waals surface area (Å²) in [7, 11) is 0. The van der Waals surface area contributed by atoms with Crippen LogP contribution in [0.1, 0.15) is 12.2 Å². The van der Waals surface area contributed by atoms with Crippen molar-refractivity contribution in [2.24, 2.45) is 5.92 Å². The largest absolute Gasteiger partial charge is 0.467 e. The Bertz CT molecular complexity index is 752. The van der Waals surface area contributed by atoms with Crippen LogP contribution in [-0.2, 0) is 16.1 Å².